The first kappa shape index (κ1) is 18.6. The molecule has 0 bridgehead atoms. The normalized spacial score (nSPS) is 11.8. The Kier molecular flexibility index (Phi) is 5.41. The van der Waals surface area contributed by atoms with Crippen LogP contribution in [0.4, 0.5) is 0 Å². The molecule has 0 aliphatic rings. The molecule has 1 aromatic carbocycles. The molecule has 0 saturated carbocycles. The van der Waals surface area contributed by atoms with E-state index in [1.807, 2.05) is 12.1 Å². The van der Waals surface area contributed by atoms with Gasteiger partial charge >= 0.3 is 0 Å². The highest BCUT2D eigenvalue weighted by molar-refractivity contribution is 7.13. The van der Waals surface area contributed by atoms with E-state index in [1.54, 1.807) is 12.3 Å². The summed E-state index contributed by atoms with van der Waals surface area (Å²) in [5.41, 5.74) is 1.35. The summed E-state index contributed by atoms with van der Waals surface area (Å²) < 4.78 is 2.22. The van der Waals surface area contributed by atoms with Crippen LogP contribution in [0.3, 0.4) is 0 Å². The van der Waals surface area contributed by atoms with E-state index in [9.17, 15) is 15.0 Å². The van der Waals surface area contributed by atoms with Gasteiger partial charge in [0, 0.05) is 22.8 Å². The molecule has 0 aliphatic heterocycles. The van der Waals surface area contributed by atoms with Crippen LogP contribution in [0.15, 0.2) is 35.7 Å². The first-order valence-corrected chi connectivity index (χ1v) is 9.47. The summed E-state index contributed by atoms with van der Waals surface area (Å²) in [6.45, 7) is 3.88. The minimum atomic E-state index is -1.07. The molecule has 0 radical (unpaired) electrons. The fraction of sp³-hybridized carbons (Fsp3) is 0.368. The van der Waals surface area contributed by atoms with Crippen LogP contribution >= 0.6 is 11.3 Å². The van der Waals surface area contributed by atoms with Gasteiger partial charge in [-0.25, -0.2) is 4.98 Å². The van der Waals surface area contributed by atoms with Crippen LogP contribution in [-0.2, 0) is 6.54 Å². The minimum absolute atomic E-state index is 0.284. The molecule has 2 aromatic heterocycles. The number of nitrogens with one attached hydrogen (secondary N) is 1. The van der Waals surface area contributed by atoms with Crippen molar-refractivity contribution in [2.75, 3.05) is 13.2 Å². The zero-order valence-corrected chi connectivity index (χ0v) is 15.7. The Morgan fingerprint density at radius 2 is 2.04 bits per heavy atom. The monoisotopic (exact) mass is 373 g/mol. The number of aromatic nitrogens is 2. The van der Waals surface area contributed by atoms with Gasteiger partial charge in [0.25, 0.3) is 5.91 Å². The smallest absolute Gasteiger partial charge is 0.271 e. The van der Waals surface area contributed by atoms with Crippen LogP contribution in [0.1, 0.15) is 30.8 Å². The van der Waals surface area contributed by atoms with E-state index in [1.165, 1.54) is 11.3 Å². The van der Waals surface area contributed by atoms with Crippen molar-refractivity contribution in [1.29, 1.82) is 0 Å². The minimum Gasteiger partial charge on any atom is -0.394 e. The molecule has 0 aliphatic carbocycles. The SMILES string of the molecule is CCCn1c(-c2nc(C(=O)NC(C)(CO)CO)cs2)cc2ccccc21. The number of rotatable bonds is 7. The van der Waals surface area contributed by atoms with Crippen molar-refractivity contribution >= 4 is 28.1 Å². The summed E-state index contributed by atoms with van der Waals surface area (Å²) in [6, 6.07) is 10.3. The van der Waals surface area contributed by atoms with Crippen LogP contribution in [0, 0.1) is 0 Å². The number of amides is 1. The molecule has 3 aromatic rings. The van der Waals surface area contributed by atoms with E-state index in [0.29, 0.717) is 0 Å². The number of carbonyl (C=O) groups excluding carboxylic acids is 1. The number of hydrogen-bond donors (Lipinski definition) is 3. The highest BCUT2D eigenvalue weighted by atomic mass is 32.1. The quantitative estimate of drug-likeness (QED) is 0.594. The molecule has 1 amide bonds. The summed E-state index contributed by atoms with van der Waals surface area (Å²) in [5.74, 6) is -0.406. The van der Waals surface area contributed by atoms with Crippen LogP contribution < -0.4 is 5.32 Å². The highest BCUT2D eigenvalue weighted by Crippen LogP contribution is 2.30. The van der Waals surface area contributed by atoms with Crippen molar-refractivity contribution in [2.24, 2.45) is 0 Å². The number of benzene rings is 1. The lowest BCUT2D eigenvalue weighted by Crippen LogP contribution is -2.51. The average Bonchev–Trinajstić information content (AvgIpc) is 3.27. The lowest BCUT2D eigenvalue weighted by atomic mass is 10.1. The molecule has 3 N–H and O–H groups in total. The standard InChI is InChI=1S/C19H23N3O3S/c1-3-8-22-15-7-5-4-6-13(15)9-16(22)18-20-14(10-26-18)17(25)21-19(2,11-23)12-24/h4-7,9-10,23-24H,3,8,11-12H2,1-2H3,(H,21,25). The second kappa shape index (κ2) is 7.57. The number of aliphatic hydroxyl groups is 2. The van der Waals surface area contributed by atoms with Gasteiger partial charge < -0.3 is 20.1 Å². The van der Waals surface area contributed by atoms with Crippen molar-refractivity contribution in [3.8, 4) is 10.7 Å². The molecule has 138 valence electrons. The van der Waals surface area contributed by atoms with Gasteiger partial charge in [-0.2, -0.15) is 0 Å². The van der Waals surface area contributed by atoms with E-state index < -0.39 is 11.4 Å². The number of thiazole rings is 1. The van der Waals surface area contributed by atoms with E-state index in [2.05, 4.69) is 40.0 Å². The third kappa shape index (κ3) is 3.51. The Hall–Kier alpha value is -2.22. The number of hydrogen-bond acceptors (Lipinski definition) is 5. The summed E-state index contributed by atoms with van der Waals surface area (Å²) in [5, 5.41) is 24.9. The summed E-state index contributed by atoms with van der Waals surface area (Å²) in [7, 11) is 0. The fourth-order valence-corrected chi connectivity index (χ4v) is 3.64. The van der Waals surface area contributed by atoms with Crippen LogP contribution in [0.5, 0.6) is 0 Å². The Morgan fingerprint density at radius 1 is 1.31 bits per heavy atom. The van der Waals surface area contributed by atoms with Gasteiger partial charge in [0.05, 0.1) is 24.4 Å². The number of aryl methyl sites for hydroxylation is 1. The second-order valence-corrected chi connectivity index (χ2v) is 7.47. The third-order valence-electron chi connectivity index (χ3n) is 4.33. The molecular formula is C19H23N3O3S. The zero-order valence-electron chi connectivity index (χ0n) is 14.9. The van der Waals surface area contributed by atoms with Crippen molar-refractivity contribution in [1.82, 2.24) is 14.9 Å². The van der Waals surface area contributed by atoms with Gasteiger partial charge in [-0.15, -0.1) is 11.3 Å². The van der Waals surface area contributed by atoms with Gasteiger partial charge in [-0.05, 0) is 25.5 Å². The van der Waals surface area contributed by atoms with Crippen molar-refractivity contribution in [2.45, 2.75) is 32.4 Å². The maximum atomic E-state index is 12.4. The Morgan fingerprint density at radius 3 is 2.73 bits per heavy atom. The average molecular weight is 373 g/mol. The highest BCUT2D eigenvalue weighted by Gasteiger charge is 2.26. The van der Waals surface area contributed by atoms with Crippen molar-refractivity contribution in [3.05, 3.63) is 41.4 Å². The zero-order chi connectivity index (χ0) is 18.7. The van der Waals surface area contributed by atoms with Crippen molar-refractivity contribution < 1.29 is 15.0 Å². The lowest BCUT2D eigenvalue weighted by molar-refractivity contribution is 0.0720. The number of nitrogens with zero attached hydrogens (tertiary/aromatic N) is 2. The van der Waals surface area contributed by atoms with E-state index >= 15 is 0 Å². The molecule has 3 rings (SSSR count). The number of para-hydroxylation sites is 1. The molecule has 0 atom stereocenters. The third-order valence-corrected chi connectivity index (χ3v) is 5.19. The topological polar surface area (TPSA) is 87.4 Å². The maximum Gasteiger partial charge on any atom is 0.271 e. The molecule has 7 heteroatoms. The first-order chi connectivity index (χ1) is 12.5. The van der Waals surface area contributed by atoms with Crippen molar-refractivity contribution in [3.63, 3.8) is 0 Å². The first-order valence-electron chi connectivity index (χ1n) is 8.59. The lowest BCUT2D eigenvalue weighted by Gasteiger charge is -2.25. The fourth-order valence-electron chi connectivity index (χ4n) is 2.81. The molecule has 0 unspecified atom stereocenters. The van der Waals surface area contributed by atoms with Gasteiger partial charge in [0.15, 0.2) is 0 Å². The Balaban J connectivity index is 1.94. The molecular weight excluding hydrogens is 350 g/mol. The molecule has 0 spiro atoms. The van der Waals surface area contributed by atoms with E-state index in [0.717, 1.165) is 34.6 Å². The second-order valence-electron chi connectivity index (χ2n) is 6.61. The summed E-state index contributed by atoms with van der Waals surface area (Å²) in [4.78, 5) is 16.9. The number of carbonyl (C=O) groups is 1. The Labute approximate surface area is 156 Å². The van der Waals surface area contributed by atoms with Gasteiger partial charge in [-0.3, -0.25) is 4.79 Å². The summed E-state index contributed by atoms with van der Waals surface area (Å²) >= 11 is 1.41. The van der Waals surface area contributed by atoms with Crippen LogP contribution in [0.25, 0.3) is 21.6 Å². The predicted molar refractivity (Wildman–Crippen MR) is 103 cm³/mol. The number of aliphatic hydroxyl groups excluding tert-OH is 2. The predicted octanol–water partition coefficient (Wildman–Crippen LogP) is 2.65. The van der Waals surface area contributed by atoms with Gasteiger partial charge in [0.2, 0.25) is 0 Å². The maximum absolute atomic E-state index is 12.4. The molecule has 2 heterocycles. The molecule has 6 nitrogen and oxygen atoms in total. The van der Waals surface area contributed by atoms with Crippen LogP contribution in [-0.4, -0.2) is 44.4 Å². The Bertz CT molecular complexity index is 912. The molecule has 0 fully saturated rings. The molecule has 26 heavy (non-hydrogen) atoms. The van der Waals surface area contributed by atoms with E-state index in [4.69, 9.17) is 0 Å². The van der Waals surface area contributed by atoms with Crippen LogP contribution in [0.2, 0.25) is 0 Å². The largest absolute Gasteiger partial charge is 0.394 e. The van der Waals surface area contributed by atoms with E-state index in [-0.39, 0.29) is 18.9 Å². The summed E-state index contributed by atoms with van der Waals surface area (Å²) in [6.07, 6.45) is 0.996. The van der Waals surface area contributed by atoms with Gasteiger partial charge in [0.1, 0.15) is 10.7 Å². The van der Waals surface area contributed by atoms with Gasteiger partial charge in [-0.1, -0.05) is 25.1 Å². The number of fused-ring (bicyclic) bond motifs is 1. The molecule has 0 saturated heterocycles.